The summed E-state index contributed by atoms with van der Waals surface area (Å²) >= 11 is 12.4. The molecule has 0 spiro atoms. The molecule has 2 amide bonds. The molecule has 0 aliphatic rings. The predicted molar refractivity (Wildman–Crippen MR) is 162 cm³/mol. The van der Waals surface area contributed by atoms with Crippen LogP contribution in [0.2, 0.25) is 10.0 Å². The molecule has 0 saturated carbocycles. The smallest absolute Gasteiger partial charge is 0.243 e. The molecule has 3 aromatic carbocycles. The van der Waals surface area contributed by atoms with E-state index >= 15 is 0 Å². The van der Waals surface area contributed by atoms with Crippen molar-refractivity contribution in [3.8, 4) is 0 Å². The number of para-hydroxylation sites is 1. The molecule has 40 heavy (non-hydrogen) atoms. The fourth-order valence-corrected chi connectivity index (χ4v) is 5.85. The summed E-state index contributed by atoms with van der Waals surface area (Å²) < 4.78 is 26.6. The molecule has 7 nitrogen and oxygen atoms in total. The number of halogens is 2. The molecule has 0 aromatic heterocycles. The predicted octanol–water partition coefficient (Wildman–Crippen LogP) is 5.62. The molecule has 1 N–H and O–H groups in total. The van der Waals surface area contributed by atoms with Gasteiger partial charge < -0.3 is 10.2 Å². The molecular weight excluding hydrogens is 569 g/mol. The minimum Gasteiger partial charge on any atom is -0.355 e. The molecule has 1 atom stereocenters. The van der Waals surface area contributed by atoms with Crippen LogP contribution in [-0.4, -0.2) is 50.5 Å². The largest absolute Gasteiger partial charge is 0.355 e. The van der Waals surface area contributed by atoms with Crippen LogP contribution in [0.3, 0.4) is 0 Å². The van der Waals surface area contributed by atoms with Gasteiger partial charge in [-0.25, -0.2) is 8.42 Å². The molecule has 3 rings (SSSR count). The number of nitrogens with zero attached hydrogens (tertiary/aromatic N) is 2. The number of anilines is 1. The van der Waals surface area contributed by atoms with Crippen molar-refractivity contribution >= 4 is 50.7 Å². The molecule has 0 bridgehead atoms. The maximum atomic E-state index is 13.8. The Bertz CT molecular complexity index is 1420. The number of likely N-dealkylation sites (N-methyl/N-ethyl adjacent to an activating group) is 1. The average Bonchev–Trinajstić information content (AvgIpc) is 2.91. The van der Waals surface area contributed by atoms with Gasteiger partial charge in [-0.2, -0.15) is 0 Å². The average molecular weight is 605 g/mol. The van der Waals surface area contributed by atoms with Crippen molar-refractivity contribution < 1.29 is 18.0 Å². The van der Waals surface area contributed by atoms with Crippen LogP contribution in [0.1, 0.15) is 36.5 Å². The summed E-state index contributed by atoms with van der Waals surface area (Å²) in [6.45, 7) is 4.35. The first kappa shape index (κ1) is 31.5. The van der Waals surface area contributed by atoms with E-state index in [-0.39, 0.29) is 37.7 Å². The number of nitrogens with one attached hydrogen (secondary N) is 1. The topological polar surface area (TPSA) is 86.8 Å². The molecule has 0 aliphatic carbocycles. The van der Waals surface area contributed by atoms with E-state index in [2.05, 4.69) is 5.32 Å². The second-order valence-electron chi connectivity index (χ2n) is 9.60. The summed E-state index contributed by atoms with van der Waals surface area (Å²) in [5, 5.41) is 3.61. The lowest BCUT2D eigenvalue weighted by Gasteiger charge is -2.32. The number of aryl methyl sites for hydroxylation is 1. The number of hydrogen-bond acceptors (Lipinski definition) is 4. The van der Waals surface area contributed by atoms with Crippen LogP contribution in [0.15, 0.2) is 72.8 Å². The molecule has 3 aromatic rings. The lowest BCUT2D eigenvalue weighted by molar-refractivity contribution is -0.141. The van der Waals surface area contributed by atoms with Crippen molar-refractivity contribution in [3.05, 3.63) is 99.5 Å². The van der Waals surface area contributed by atoms with Crippen molar-refractivity contribution in [3.63, 3.8) is 0 Å². The Balaban J connectivity index is 1.89. The van der Waals surface area contributed by atoms with E-state index < -0.39 is 16.1 Å². The Kier molecular flexibility index (Phi) is 11.4. The maximum Gasteiger partial charge on any atom is 0.243 e. The number of benzene rings is 3. The molecule has 10 heteroatoms. The highest BCUT2D eigenvalue weighted by Gasteiger charge is 2.30. The fourth-order valence-electron chi connectivity index (χ4n) is 4.51. The third kappa shape index (κ3) is 8.71. The first-order chi connectivity index (χ1) is 19.0. The number of carbonyl (C=O) groups is 2. The molecule has 0 fully saturated rings. The van der Waals surface area contributed by atoms with Crippen LogP contribution in [0, 0.1) is 6.92 Å². The Hall–Kier alpha value is -3.07. The normalized spacial score (nSPS) is 12.0. The van der Waals surface area contributed by atoms with Crippen LogP contribution in [0.5, 0.6) is 0 Å². The molecule has 0 unspecified atom stereocenters. The van der Waals surface area contributed by atoms with E-state index in [0.29, 0.717) is 28.7 Å². The molecule has 0 radical (unpaired) electrons. The first-order valence-corrected chi connectivity index (χ1v) is 15.7. The van der Waals surface area contributed by atoms with Gasteiger partial charge in [-0.05, 0) is 55.2 Å². The summed E-state index contributed by atoms with van der Waals surface area (Å²) in [5.74, 6) is -0.533. The maximum absolute atomic E-state index is 13.8. The van der Waals surface area contributed by atoms with Gasteiger partial charge >= 0.3 is 0 Å². The Labute approximate surface area is 247 Å². The highest BCUT2D eigenvalue weighted by atomic mass is 35.5. The summed E-state index contributed by atoms with van der Waals surface area (Å²) in [6, 6.07) is 21.1. The Morgan fingerprint density at radius 3 is 2.23 bits per heavy atom. The monoisotopic (exact) mass is 603 g/mol. The minimum absolute atomic E-state index is 0.0456. The van der Waals surface area contributed by atoms with Gasteiger partial charge in [-0.3, -0.25) is 13.9 Å². The van der Waals surface area contributed by atoms with E-state index in [0.717, 1.165) is 22.9 Å². The quantitative estimate of drug-likeness (QED) is 0.274. The van der Waals surface area contributed by atoms with Gasteiger partial charge in [0.1, 0.15) is 6.04 Å². The molecule has 0 saturated heterocycles. The van der Waals surface area contributed by atoms with Crippen LogP contribution >= 0.6 is 23.2 Å². The van der Waals surface area contributed by atoms with Gasteiger partial charge in [0.05, 0.1) is 22.0 Å². The van der Waals surface area contributed by atoms with Crippen molar-refractivity contribution in [2.45, 2.75) is 45.7 Å². The number of carbonyl (C=O) groups excluding carboxylic acids is 2. The summed E-state index contributed by atoms with van der Waals surface area (Å²) in [4.78, 5) is 28.6. The summed E-state index contributed by atoms with van der Waals surface area (Å²) in [5.41, 5.74) is 3.03. The van der Waals surface area contributed by atoms with Gasteiger partial charge in [-0.15, -0.1) is 0 Å². The lowest BCUT2D eigenvalue weighted by Crippen LogP contribution is -2.50. The zero-order chi connectivity index (χ0) is 29.3. The minimum atomic E-state index is -3.58. The van der Waals surface area contributed by atoms with Crippen molar-refractivity contribution in [1.82, 2.24) is 10.2 Å². The van der Waals surface area contributed by atoms with E-state index in [4.69, 9.17) is 23.2 Å². The van der Waals surface area contributed by atoms with Gasteiger partial charge in [0.15, 0.2) is 0 Å². The second-order valence-corrected chi connectivity index (χ2v) is 12.3. The standard InChI is InChI=1S/C30H35Cl2N3O4S/c1-4-33-30(37)28(20-23-12-6-5-7-13-23)34(21-24-16-17-25(31)26(32)19-24)29(36)15-10-18-35(40(3,38)39)27-14-9-8-11-22(27)2/h5-9,11-14,16-17,19,28H,4,10,15,18,20-21H2,1-3H3,(H,33,37)/t28-/m0/s1. The number of rotatable bonds is 13. The Morgan fingerprint density at radius 2 is 1.60 bits per heavy atom. The van der Waals surface area contributed by atoms with Crippen LogP contribution in [-0.2, 0) is 32.6 Å². The van der Waals surface area contributed by atoms with Crippen LogP contribution in [0.4, 0.5) is 5.69 Å². The SMILES string of the molecule is CCNC(=O)[C@H](Cc1ccccc1)N(Cc1ccc(Cl)c(Cl)c1)C(=O)CCCN(c1ccccc1C)S(C)(=O)=O. The number of amides is 2. The van der Waals surface area contributed by atoms with Crippen LogP contribution in [0.25, 0.3) is 0 Å². The van der Waals surface area contributed by atoms with Gasteiger partial charge in [0.25, 0.3) is 0 Å². The zero-order valence-electron chi connectivity index (χ0n) is 22.9. The van der Waals surface area contributed by atoms with Crippen molar-refractivity contribution in [2.75, 3.05) is 23.7 Å². The van der Waals surface area contributed by atoms with Crippen molar-refractivity contribution in [2.24, 2.45) is 0 Å². The van der Waals surface area contributed by atoms with Crippen LogP contribution < -0.4 is 9.62 Å². The summed E-state index contributed by atoms with van der Waals surface area (Å²) in [6.07, 6.45) is 1.79. The van der Waals surface area contributed by atoms with Gasteiger partial charge in [0, 0.05) is 32.5 Å². The third-order valence-electron chi connectivity index (χ3n) is 6.50. The van der Waals surface area contributed by atoms with E-state index in [1.54, 1.807) is 35.2 Å². The second kappa shape index (κ2) is 14.5. The highest BCUT2D eigenvalue weighted by Crippen LogP contribution is 2.26. The third-order valence-corrected chi connectivity index (χ3v) is 8.41. The highest BCUT2D eigenvalue weighted by molar-refractivity contribution is 7.92. The zero-order valence-corrected chi connectivity index (χ0v) is 25.3. The first-order valence-electron chi connectivity index (χ1n) is 13.1. The van der Waals surface area contributed by atoms with Crippen molar-refractivity contribution in [1.29, 1.82) is 0 Å². The fraction of sp³-hybridized carbons (Fsp3) is 0.333. The lowest BCUT2D eigenvalue weighted by atomic mass is 10.0. The number of sulfonamides is 1. The molecule has 214 valence electrons. The summed E-state index contributed by atoms with van der Waals surface area (Å²) in [7, 11) is -3.58. The Morgan fingerprint density at radius 1 is 0.925 bits per heavy atom. The molecular formula is C30H35Cl2N3O4S. The van der Waals surface area contributed by atoms with E-state index in [9.17, 15) is 18.0 Å². The molecule has 0 aliphatic heterocycles. The number of hydrogen-bond donors (Lipinski definition) is 1. The van der Waals surface area contributed by atoms with E-state index in [1.165, 1.54) is 4.31 Å². The van der Waals surface area contributed by atoms with Gasteiger partial charge in [0.2, 0.25) is 21.8 Å². The van der Waals surface area contributed by atoms with Gasteiger partial charge in [-0.1, -0.05) is 77.8 Å². The molecule has 0 heterocycles. The van der Waals surface area contributed by atoms with E-state index in [1.807, 2.05) is 56.3 Å².